The molecule has 0 radical (unpaired) electrons. The van der Waals surface area contributed by atoms with E-state index in [0.717, 1.165) is 0 Å². The topological polar surface area (TPSA) is 106 Å². The molecule has 0 aromatic carbocycles. The number of hydrogen-bond acceptors (Lipinski definition) is 6. The Hall–Kier alpha value is -1.67. The van der Waals surface area contributed by atoms with E-state index in [-0.39, 0.29) is 12.5 Å². The average Bonchev–Trinajstić information content (AvgIpc) is 2.39. The molecule has 0 rings (SSSR count). The summed E-state index contributed by atoms with van der Waals surface area (Å²) in [5.74, 6) is -0.688. The van der Waals surface area contributed by atoms with Gasteiger partial charge >= 0.3 is 12.0 Å². The molecule has 116 valence electrons. The van der Waals surface area contributed by atoms with Crippen LogP contribution in [-0.4, -0.2) is 57.9 Å². The van der Waals surface area contributed by atoms with E-state index in [4.69, 9.17) is 9.47 Å². The van der Waals surface area contributed by atoms with E-state index >= 15 is 0 Å². The van der Waals surface area contributed by atoms with Gasteiger partial charge in [0.1, 0.15) is 0 Å². The highest BCUT2D eigenvalue weighted by Crippen LogP contribution is 1.90. The number of carbonyl (C=O) groups is 3. The molecule has 0 aromatic heterocycles. The molecule has 8 nitrogen and oxygen atoms in total. The van der Waals surface area contributed by atoms with Crippen molar-refractivity contribution in [2.24, 2.45) is 0 Å². The van der Waals surface area contributed by atoms with Crippen LogP contribution in [0.15, 0.2) is 0 Å². The molecule has 0 saturated heterocycles. The zero-order chi connectivity index (χ0) is 15.2. The predicted molar refractivity (Wildman–Crippen MR) is 72.2 cm³/mol. The van der Waals surface area contributed by atoms with Crippen molar-refractivity contribution in [3.63, 3.8) is 0 Å². The van der Waals surface area contributed by atoms with Crippen LogP contribution in [0.3, 0.4) is 0 Å². The zero-order valence-electron chi connectivity index (χ0n) is 12.0. The maximum Gasteiger partial charge on any atom is 0.321 e. The van der Waals surface area contributed by atoms with Gasteiger partial charge in [0.25, 0.3) is 0 Å². The molecule has 0 fully saturated rings. The number of hydrogen-bond donors (Lipinski definition) is 3. The SMILES string of the molecule is CCOC(=O)CCCNCC(=O)NC(=O)NCCOC. The Morgan fingerprint density at radius 3 is 2.55 bits per heavy atom. The predicted octanol–water partition coefficient (Wildman–Crippen LogP) is -0.608. The molecule has 0 aliphatic heterocycles. The molecule has 0 aromatic rings. The van der Waals surface area contributed by atoms with Gasteiger partial charge in [-0.3, -0.25) is 14.9 Å². The minimum atomic E-state index is -0.555. The fourth-order valence-corrected chi connectivity index (χ4v) is 1.27. The molecule has 0 aliphatic carbocycles. The van der Waals surface area contributed by atoms with Gasteiger partial charge < -0.3 is 20.1 Å². The summed E-state index contributed by atoms with van der Waals surface area (Å²) < 4.78 is 9.51. The first kappa shape index (κ1) is 18.3. The van der Waals surface area contributed by atoms with Crippen molar-refractivity contribution in [3.05, 3.63) is 0 Å². The fourth-order valence-electron chi connectivity index (χ4n) is 1.27. The normalized spacial score (nSPS) is 9.90. The molecular weight excluding hydrogens is 266 g/mol. The number of nitrogens with one attached hydrogen (secondary N) is 3. The van der Waals surface area contributed by atoms with Gasteiger partial charge in [-0.25, -0.2) is 4.79 Å². The van der Waals surface area contributed by atoms with Crippen LogP contribution in [0.5, 0.6) is 0 Å². The Kier molecular flexibility index (Phi) is 11.3. The van der Waals surface area contributed by atoms with E-state index in [1.807, 2.05) is 0 Å². The Balaban J connectivity index is 3.49. The molecular formula is C12H23N3O5. The summed E-state index contributed by atoms with van der Waals surface area (Å²) in [5, 5.41) is 7.45. The Morgan fingerprint density at radius 2 is 1.90 bits per heavy atom. The van der Waals surface area contributed by atoms with Gasteiger partial charge in [-0.1, -0.05) is 0 Å². The lowest BCUT2D eigenvalue weighted by Crippen LogP contribution is -2.44. The molecule has 0 atom stereocenters. The van der Waals surface area contributed by atoms with Crippen molar-refractivity contribution in [2.45, 2.75) is 19.8 Å². The van der Waals surface area contributed by atoms with Crippen LogP contribution in [0.2, 0.25) is 0 Å². The van der Waals surface area contributed by atoms with Crippen molar-refractivity contribution in [3.8, 4) is 0 Å². The van der Waals surface area contributed by atoms with Crippen LogP contribution in [0.25, 0.3) is 0 Å². The van der Waals surface area contributed by atoms with Crippen LogP contribution in [-0.2, 0) is 19.1 Å². The van der Waals surface area contributed by atoms with E-state index in [2.05, 4.69) is 16.0 Å². The van der Waals surface area contributed by atoms with E-state index in [9.17, 15) is 14.4 Å². The lowest BCUT2D eigenvalue weighted by Gasteiger charge is -2.07. The molecule has 8 heteroatoms. The first-order valence-corrected chi connectivity index (χ1v) is 6.53. The number of urea groups is 1. The maximum absolute atomic E-state index is 11.3. The highest BCUT2D eigenvalue weighted by molar-refractivity contribution is 5.95. The standard InChI is InChI=1S/C12H23N3O5/c1-3-20-11(17)5-4-6-13-9-10(16)15-12(18)14-7-8-19-2/h13H,3-9H2,1-2H3,(H2,14,15,16,18). The molecule has 0 heterocycles. The molecule has 20 heavy (non-hydrogen) atoms. The maximum atomic E-state index is 11.3. The summed E-state index contributed by atoms with van der Waals surface area (Å²) in [6.07, 6.45) is 0.881. The number of imide groups is 1. The molecule has 0 bridgehead atoms. The van der Waals surface area contributed by atoms with Crippen LogP contribution in [0.4, 0.5) is 4.79 Å². The van der Waals surface area contributed by atoms with E-state index in [0.29, 0.717) is 39.1 Å². The van der Waals surface area contributed by atoms with Crippen LogP contribution >= 0.6 is 0 Å². The second kappa shape index (κ2) is 12.4. The zero-order valence-corrected chi connectivity index (χ0v) is 12.0. The third kappa shape index (κ3) is 11.4. The third-order valence-electron chi connectivity index (χ3n) is 2.17. The highest BCUT2D eigenvalue weighted by Gasteiger charge is 2.06. The van der Waals surface area contributed by atoms with Gasteiger partial charge in [0.2, 0.25) is 5.91 Å². The molecule has 0 saturated carbocycles. The van der Waals surface area contributed by atoms with Gasteiger partial charge in [-0.05, 0) is 19.9 Å². The van der Waals surface area contributed by atoms with E-state index in [1.165, 1.54) is 7.11 Å². The van der Waals surface area contributed by atoms with Crippen molar-refractivity contribution in [1.82, 2.24) is 16.0 Å². The Bertz CT molecular complexity index is 309. The second-order valence-corrected chi connectivity index (χ2v) is 3.88. The minimum Gasteiger partial charge on any atom is -0.466 e. The monoisotopic (exact) mass is 289 g/mol. The number of esters is 1. The first-order chi connectivity index (χ1) is 9.60. The summed E-state index contributed by atoms with van der Waals surface area (Å²) in [4.78, 5) is 33.5. The molecule has 3 amide bonds. The Morgan fingerprint density at radius 1 is 1.15 bits per heavy atom. The molecule has 0 unspecified atom stereocenters. The summed E-state index contributed by atoms with van der Waals surface area (Å²) in [6.45, 7) is 3.35. The molecule has 0 aliphatic rings. The fraction of sp³-hybridized carbons (Fsp3) is 0.750. The van der Waals surface area contributed by atoms with E-state index < -0.39 is 11.9 Å². The molecule has 3 N–H and O–H groups in total. The first-order valence-electron chi connectivity index (χ1n) is 6.53. The van der Waals surface area contributed by atoms with Crippen molar-refractivity contribution in [1.29, 1.82) is 0 Å². The van der Waals surface area contributed by atoms with Gasteiger partial charge in [-0.2, -0.15) is 0 Å². The summed E-state index contributed by atoms with van der Waals surface area (Å²) in [5.41, 5.74) is 0. The summed E-state index contributed by atoms with van der Waals surface area (Å²) in [6, 6.07) is -0.555. The largest absolute Gasteiger partial charge is 0.466 e. The Labute approximate surface area is 118 Å². The number of amides is 3. The smallest absolute Gasteiger partial charge is 0.321 e. The molecule has 0 spiro atoms. The lowest BCUT2D eigenvalue weighted by atomic mass is 10.3. The van der Waals surface area contributed by atoms with Gasteiger partial charge in [-0.15, -0.1) is 0 Å². The number of ether oxygens (including phenoxy) is 2. The summed E-state index contributed by atoms with van der Waals surface area (Å²) >= 11 is 0. The van der Waals surface area contributed by atoms with Crippen molar-refractivity contribution in [2.75, 3.05) is 40.0 Å². The quantitative estimate of drug-likeness (QED) is 0.366. The minimum absolute atomic E-state index is 0.0144. The average molecular weight is 289 g/mol. The second-order valence-electron chi connectivity index (χ2n) is 3.88. The van der Waals surface area contributed by atoms with Crippen LogP contribution < -0.4 is 16.0 Å². The van der Waals surface area contributed by atoms with Crippen LogP contribution in [0, 0.1) is 0 Å². The van der Waals surface area contributed by atoms with Gasteiger partial charge in [0.15, 0.2) is 0 Å². The van der Waals surface area contributed by atoms with Crippen molar-refractivity contribution >= 4 is 17.9 Å². The van der Waals surface area contributed by atoms with Crippen LogP contribution in [0.1, 0.15) is 19.8 Å². The van der Waals surface area contributed by atoms with Crippen molar-refractivity contribution < 1.29 is 23.9 Å². The lowest BCUT2D eigenvalue weighted by molar-refractivity contribution is -0.143. The third-order valence-corrected chi connectivity index (χ3v) is 2.17. The number of rotatable bonds is 10. The summed E-state index contributed by atoms with van der Waals surface area (Å²) in [7, 11) is 1.52. The van der Waals surface area contributed by atoms with Gasteiger partial charge in [0, 0.05) is 20.1 Å². The number of methoxy groups -OCH3 is 1. The highest BCUT2D eigenvalue weighted by atomic mass is 16.5. The van der Waals surface area contributed by atoms with Gasteiger partial charge in [0.05, 0.1) is 19.8 Å². The number of carbonyl (C=O) groups excluding carboxylic acids is 3. The van der Waals surface area contributed by atoms with E-state index in [1.54, 1.807) is 6.92 Å².